The van der Waals surface area contributed by atoms with E-state index in [-0.39, 0.29) is 18.6 Å². The molecule has 1 aliphatic heterocycles. The molecule has 0 bridgehead atoms. The number of hydrogen-bond acceptors (Lipinski definition) is 3. The minimum absolute atomic E-state index is 0.0794. The fourth-order valence-corrected chi connectivity index (χ4v) is 2.53. The molecule has 2 rings (SSSR count). The zero-order valence-corrected chi connectivity index (χ0v) is 11.2. The Balaban J connectivity index is 1.94. The number of nitrogens with one attached hydrogen (secondary N) is 1. The van der Waals surface area contributed by atoms with E-state index in [0.717, 1.165) is 23.5 Å². The number of aliphatic hydroxyl groups is 1. The molecule has 98 valence electrons. The number of rotatable bonds is 3. The van der Waals surface area contributed by atoms with Gasteiger partial charge in [-0.2, -0.15) is 0 Å². The Labute approximate surface area is 111 Å². The summed E-state index contributed by atoms with van der Waals surface area (Å²) in [4.78, 5) is 14.9. The summed E-state index contributed by atoms with van der Waals surface area (Å²) in [7, 11) is 0. The molecule has 1 heterocycles. The van der Waals surface area contributed by atoms with E-state index in [9.17, 15) is 4.79 Å². The Hall–Kier alpha value is -1.20. The second-order valence-corrected chi connectivity index (χ2v) is 5.33. The van der Waals surface area contributed by atoms with Crippen LogP contribution in [0.15, 0.2) is 29.2 Å². The zero-order valence-electron chi connectivity index (χ0n) is 10.4. The number of likely N-dealkylation sites (tertiary alicyclic amines) is 1. The first kappa shape index (κ1) is 13.2. The smallest absolute Gasteiger partial charge is 0.321 e. The molecule has 4 nitrogen and oxygen atoms in total. The van der Waals surface area contributed by atoms with Crippen molar-refractivity contribution < 1.29 is 9.90 Å². The molecule has 1 unspecified atom stereocenters. The van der Waals surface area contributed by atoms with Crippen LogP contribution in [-0.4, -0.2) is 42.0 Å². The molecule has 1 aliphatic rings. The third-order valence-electron chi connectivity index (χ3n) is 3.15. The van der Waals surface area contributed by atoms with Gasteiger partial charge in [0.25, 0.3) is 0 Å². The third-order valence-corrected chi connectivity index (χ3v) is 3.88. The summed E-state index contributed by atoms with van der Waals surface area (Å²) in [6.07, 6.45) is 2.89. The summed E-state index contributed by atoms with van der Waals surface area (Å²) in [6.45, 7) is 1.52. The van der Waals surface area contributed by atoms with Crippen molar-refractivity contribution in [1.82, 2.24) is 4.90 Å². The molecule has 1 aromatic rings. The van der Waals surface area contributed by atoms with Crippen LogP contribution in [0.4, 0.5) is 10.5 Å². The average Bonchev–Trinajstić information content (AvgIpc) is 2.88. The predicted molar refractivity (Wildman–Crippen MR) is 74.0 cm³/mol. The Morgan fingerprint density at radius 3 is 3.11 bits per heavy atom. The molecule has 2 amide bonds. The number of carbonyl (C=O) groups is 1. The van der Waals surface area contributed by atoms with Gasteiger partial charge >= 0.3 is 6.03 Å². The van der Waals surface area contributed by atoms with Crippen LogP contribution in [0.25, 0.3) is 0 Å². The SMILES string of the molecule is CSc1cccc(NC(=O)N2CCC(CO)C2)c1. The van der Waals surface area contributed by atoms with E-state index < -0.39 is 0 Å². The van der Waals surface area contributed by atoms with E-state index in [2.05, 4.69) is 5.32 Å². The minimum atomic E-state index is -0.0794. The zero-order chi connectivity index (χ0) is 13.0. The van der Waals surface area contributed by atoms with E-state index in [1.54, 1.807) is 16.7 Å². The first-order valence-electron chi connectivity index (χ1n) is 6.03. The maximum absolute atomic E-state index is 12.0. The molecule has 0 aliphatic carbocycles. The van der Waals surface area contributed by atoms with Crippen molar-refractivity contribution >= 4 is 23.5 Å². The number of benzene rings is 1. The standard InChI is InChI=1S/C13H18N2O2S/c1-18-12-4-2-3-11(7-12)14-13(17)15-6-5-10(8-15)9-16/h2-4,7,10,16H,5-6,8-9H2,1H3,(H,14,17). The first-order chi connectivity index (χ1) is 8.72. The number of amides is 2. The molecule has 1 saturated heterocycles. The van der Waals surface area contributed by atoms with Crippen LogP contribution in [0, 0.1) is 5.92 Å². The van der Waals surface area contributed by atoms with Gasteiger partial charge in [-0.05, 0) is 30.9 Å². The predicted octanol–water partition coefficient (Wildman–Crippen LogP) is 2.25. The van der Waals surface area contributed by atoms with Gasteiger partial charge in [0, 0.05) is 36.2 Å². The van der Waals surface area contributed by atoms with Crippen LogP contribution in [0.1, 0.15) is 6.42 Å². The van der Waals surface area contributed by atoms with Gasteiger partial charge in [-0.1, -0.05) is 6.07 Å². The van der Waals surface area contributed by atoms with Gasteiger partial charge in [0.05, 0.1) is 0 Å². The van der Waals surface area contributed by atoms with Crippen LogP contribution in [0.5, 0.6) is 0 Å². The number of anilines is 1. The molecule has 1 aromatic carbocycles. The number of hydrogen-bond donors (Lipinski definition) is 2. The molecule has 0 radical (unpaired) electrons. The fourth-order valence-electron chi connectivity index (χ4n) is 2.07. The van der Waals surface area contributed by atoms with Gasteiger partial charge in [0.15, 0.2) is 0 Å². The molecular formula is C13H18N2O2S. The maximum Gasteiger partial charge on any atom is 0.321 e. The summed E-state index contributed by atoms with van der Waals surface area (Å²) < 4.78 is 0. The second-order valence-electron chi connectivity index (χ2n) is 4.45. The van der Waals surface area contributed by atoms with Crippen molar-refractivity contribution in [3.8, 4) is 0 Å². The van der Waals surface area contributed by atoms with Crippen LogP contribution < -0.4 is 5.32 Å². The number of aliphatic hydroxyl groups excluding tert-OH is 1. The van der Waals surface area contributed by atoms with Crippen LogP contribution in [0.2, 0.25) is 0 Å². The summed E-state index contributed by atoms with van der Waals surface area (Å²) in [5.74, 6) is 0.230. The average molecular weight is 266 g/mol. The highest BCUT2D eigenvalue weighted by Crippen LogP contribution is 2.21. The van der Waals surface area contributed by atoms with E-state index >= 15 is 0 Å². The molecule has 0 saturated carbocycles. The van der Waals surface area contributed by atoms with Gasteiger partial charge in [-0.15, -0.1) is 11.8 Å². The molecule has 0 spiro atoms. The van der Waals surface area contributed by atoms with Gasteiger partial charge in [-0.25, -0.2) is 4.79 Å². The van der Waals surface area contributed by atoms with Crippen molar-refractivity contribution in [3.63, 3.8) is 0 Å². The Morgan fingerprint density at radius 2 is 2.44 bits per heavy atom. The molecule has 1 atom stereocenters. The van der Waals surface area contributed by atoms with E-state index in [0.29, 0.717) is 6.54 Å². The highest BCUT2D eigenvalue weighted by atomic mass is 32.2. The number of urea groups is 1. The number of carbonyl (C=O) groups excluding carboxylic acids is 1. The van der Waals surface area contributed by atoms with Crippen molar-refractivity contribution in [3.05, 3.63) is 24.3 Å². The van der Waals surface area contributed by atoms with Crippen LogP contribution in [-0.2, 0) is 0 Å². The first-order valence-corrected chi connectivity index (χ1v) is 7.26. The van der Waals surface area contributed by atoms with Gasteiger partial charge in [0.1, 0.15) is 0 Å². The Kier molecular flexibility index (Phi) is 4.49. The Bertz CT molecular complexity index is 425. The van der Waals surface area contributed by atoms with Gasteiger partial charge in [0.2, 0.25) is 0 Å². The monoisotopic (exact) mass is 266 g/mol. The van der Waals surface area contributed by atoms with Crippen molar-refractivity contribution in [1.29, 1.82) is 0 Å². The van der Waals surface area contributed by atoms with Crippen LogP contribution >= 0.6 is 11.8 Å². The molecular weight excluding hydrogens is 248 g/mol. The molecule has 2 N–H and O–H groups in total. The topological polar surface area (TPSA) is 52.6 Å². The molecule has 1 fully saturated rings. The lowest BCUT2D eigenvalue weighted by atomic mass is 10.1. The summed E-state index contributed by atoms with van der Waals surface area (Å²) in [6, 6.07) is 7.71. The highest BCUT2D eigenvalue weighted by molar-refractivity contribution is 7.98. The fraction of sp³-hybridized carbons (Fsp3) is 0.462. The lowest BCUT2D eigenvalue weighted by Crippen LogP contribution is -2.33. The van der Waals surface area contributed by atoms with Crippen molar-refractivity contribution in [2.45, 2.75) is 11.3 Å². The third kappa shape index (κ3) is 3.17. The minimum Gasteiger partial charge on any atom is -0.396 e. The van der Waals surface area contributed by atoms with E-state index in [1.807, 2.05) is 30.5 Å². The Morgan fingerprint density at radius 1 is 1.61 bits per heavy atom. The highest BCUT2D eigenvalue weighted by Gasteiger charge is 2.25. The molecule has 18 heavy (non-hydrogen) atoms. The number of thioether (sulfide) groups is 1. The largest absolute Gasteiger partial charge is 0.396 e. The van der Waals surface area contributed by atoms with Gasteiger partial charge < -0.3 is 15.3 Å². The second kappa shape index (κ2) is 6.11. The van der Waals surface area contributed by atoms with Crippen LogP contribution in [0.3, 0.4) is 0 Å². The maximum atomic E-state index is 12.0. The van der Waals surface area contributed by atoms with Crippen molar-refractivity contribution in [2.75, 3.05) is 31.3 Å². The molecule has 0 aromatic heterocycles. The lowest BCUT2D eigenvalue weighted by molar-refractivity contribution is 0.209. The summed E-state index contributed by atoms with van der Waals surface area (Å²) in [5, 5.41) is 12.0. The summed E-state index contributed by atoms with van der Waals surface area (Å²) in [5.41, 5.74) is 0.819. The van der Waals surface area contributed by atoms with E-state index in [1.165, 1.54) is 0 Å². The molecule has 5 heteroatoms. The lowest BCUT2D eigenvalue weighted by Gasteiger charge is -2.17. The van der Waals surface area contributed by atoms with E-state index in [4.69, 9.17) is 5.11 Å². The number of nitrogens with zero attached hydrogens (tertiary/aromatic N) is 1. The quantitative estimate of drug-likeness (QED) is 0.825. The summed E-state index contributed by atoms with van der Waals surface area (Å²) >= 11 is 1.65. The van der Waals surface area contributed by atoms with Gasteiger partial charge in [-0.3, -0.25) is 0 Å². The van der Waals surface area contributed by atoms with Crippen molar-refractivity contribution in [2.24, 2.45) is 5.92 Å². The normalized spacial score (nSPS) is 19.0.